The van der Waals surface area contributed by atoms with Gasteiger partial charge >= 0.3 is 0 Å². The van der Waals surface area contributed by atoms with Gasteiger partial charge in [0.2, 0.25) is 0 Å². The lowest BCUT2D eigenvalue weighted by Crippen LogP contribution is -2.25. The van der Waals surface area contributed by atoms with Crippen LogP contribution in [0.5, 0.6) is 5.75 Å². The molecule has 0 saturated heterocycles. The summed E-state index contributed by atoms with van der Waals surface area (Å²) in [6.07, 6.45) is 8.07. The van der Waals surface area contributed by atoms with E-state index in [0.717, 1.165) is 24.5 Å². The molecule has 0 spiro atoms. The zero-order chi connectivity index (χ0) is 13.0. The summed E-state index contributed by atoms with van der Waals surface area (Å²) in [4.78, 5) is 15.2. The molecule has 0 bridgehead atoms. The van der Waals surface area contributed by atoms with Crippen LogP contribution in [-0.4, -0.2) is 16.9 Å². The van der Waals surface area contributed by atoms with Crippen molar-refractivity contribution in [2.45, 2.75) is 52.1 Å². The monoisotopic (exact) mass is 247 g/mol. The number of ketones is 1. The standard InChI is InChI=1S/C15H21NO2/c1-3-12-5-4-6-13(9-12)18-14-7-8-15(11(2)17)16-10-14/h7-8,10,12-13H,3-6,9H2,1-2H3. The number of Topliss-reactive ketones (excluding diaryl/α,β-unsaturated/α-hetero) is 1. The van der Waals surface area contributed by atoms with E-state index in [0.29, 0.717) is 11.8 Å². The summed E-state index contributed by atoms with van der Waals surface area (Å²) in [6.45, 7) is 3.77. The number of hydrogen-bond acceptors (Lipinski definition) is 3. The molecule has 0 N–H and O–H groups in total. The van der Waals surface area contributed by atoms with Gasteiger partial charge in [-0.1, -0.05) is 19.8 Å². The molecule has 0 aliphatic heterocycles. The Bertz CT molecular complexity index is 399. The van der Waals surface area contributed by atoms with Gasteiger partial charge in [-0.2, -0.15) is 0 Å². The minimum atomic E-state index is -0.00902. The molecule has 2 unspecified atom stereocenters. The van der Waals surface area contributed by atoms with Crippen LogP contribution in [-0.2, 0) is 0 Å². The topological polar surface area (TPSA) is 39.2 Å². The van der Waals surface area contributed by atoms with Crippen molar-refractivity contribution in [1.29, 1.82) is 0 Å². The lowest BCUT2D eigenvalue weighted by molar-refractivity contribution is 0.101. The molecule has 98 valence electrons. The Morgan fingerprint density at radius 1 is 1.44 bits per heavy atom. The number of rotatable bonds is 4. The van der Waals surface area contributed by atoms with E-state index in [9.17, 15) is 4.79 Å². The molecular formula is C15H21NO2. The number of ether oxygens (including phenoxy) is 1. The summed E-state index contributed by atoms with van der Waals surface area (Å²) in [5.74, 6) is 1.57. The van der Waals surface area contributed by atoms with Crippen LogP contribution in [0.2, 0.25) is 0 Å². The van der Waals surface area contributed by atoms with Gasteiger partial charge in [0.15, 0.2) is 5.78 Å². The lowest BCUT2D eigenvalue weighted by Gasteiger charge is -2.28. The van der Waals surface area contributed by atoms with E-state index in [1.165, 1.54) is 26.2 Å². The van der Waals surface area contributed by atoms with Gasteiger partial charge in [-0.15, -0.1) is 0 Å². The molecule has 3 heteroatoms. The van der Waals surface area contributed by atoms with E-state index in [-0.39, 0.29) is 5.78 Å². The first-order valence-electron chi connectivity index (χ1n) is 6.82. The van der Waals surface area contributed by atoms with Crippen molar-refractivity contribution in [2.75, 3.05) is 0 Å². The van der Waals surface area contributed by atoms with E-state index < -0.39 is 0 Å². The third kappa shape index (κ3) is 3.31. The van der Waals surface area contributed by atoms with Crippen LogP contribution in [0.1, 0.15) is 56.4 Å². The van der Waals surface area contributed by atoms with Crippen molar-refractivity contribution in [2.24, 2.45) is 5.92 Å². The summed E-state index contributed by atoms with van der Waals surface area (Å²) in [7, 11) is 0. The third-order valence-corrected chi connectivity index (χ3v) is 3.71. The highest BCUT2D eigenvalue weighted by Gasteiger charge is 2.22. The maximum absolute atomic E-state index is 11.1. The number of carbonyl (C=O) groups excluding carboxylic acids is 1. The van der Waals surface area contributed by atoms with Crippen LogP contribution in [0, 0.1) is 5.92 Å². The smallest absolute Gasteiger partial charge is 0.178 e. The number of nitrogens with zero attached hydrogens (tertiary/aromatic N) is 1. The molecular weight excluding hydrogens is 226 g/mol. The number of pyridine rings is 1. The van der Waals surface area contributed by atoms with E-state index in [4.69, 9.17) is 4.74 Å². The van der Waals surface area contributed by atoms with Crippen LogP contribution in [0.3, 0.4) is 0 Å². The molecule has 1 saturated carbocycles. The lowest BCUT2D eigenvalue weighted by atomic mass is 9.85. The summed E-state index contributed by atoms with van der Waals surface area (Å²) < 4.78 is 5.95. The highest BCUT2D eigenvalue weighted by molar-refractivity contribution is 5.92. The van der Waals surface area contributed by atoms with Crippen LogP contribution in [0.25, 0.3) is 0 Å². The normalized spacial score (nSPS) is 23.7. The van der Waals surface area contributed by atoms with Crippen LogP contribution >= 0.6 is 0 Å². The fraction of sp³-hybridized carbons (Fsp3) is 0.600. The van der Waals surface area contributed by atoms with Crippen molar-refractivity contribution >= 4 is 5.78 Å². The predicted molar refractivity (Wildman–Crippen MR) is 70.9 cm³/mol. The first kappa shape index (κ1) is 13.1. The Balaban J connectivity index is 1.94. The van der Waals surface area contributed by atoms with Gasteiger partial charge in [0, 0.05) is 6.92 Å². The Kier molecular flexibility index (Phi) is 4.34. The maximum atomic E-state index is 11.1. The van der Waals surface area contributed by atoms with Crippen LogP contribution < -0.4 is 4.74 Å². The van der Waals surface area contributed by atoms with Gasteiger partial charge in [-0.05, 0) is 37.3 Å². The zero-order valence-electron chi connectivity index (χ0n) is 11.2. The molecule has 1 fully saturated rings. The van der Waals surface area contributed by atoms with Gasteiger partial charge in [0.1, 0.15) is 11.4 Å². The predicted octanol–water partition coefficient (Wildman–Crippen LogP) is 3.63. The Hall–Kier alpha value is -1.38. The number of carbonyl (C=O) groups is 1. The molecule has 1 heterocycles. The van der Waals surface area contributed by atoms with Crippen molar-refractivity contribution in [1.82, 2.24) is 4.98 Å². The van der Waals surface area contributed by atoms with Crippen molar-refractivity contribution < 1.29 is 9.53 Å². The van der Waals surface area contributed by atoms with Gasteiger partial charge in [-0.25, -0.2) is 4.98 Å². The van der Waals surface area contributed by atoms with Crippen molar-refractivity contribution in [3.8, 4) is 5.75 Å². The molecule has 1 aromatic heterocycles. The van der Waals surface area contributed by atoms with Gasteiger partial charge < -0.3 is 4.74 Å². The Morgan fingerprint density at radius 2 is 2.28 bits per heavy atom. The SMILES string of the molecule is CCC1CCCC(Oc2ccc(C(C)=O)nc2)C1. The molecule has 2 rings (SSSR count). The second-order valence-electron chi connectivity index (χ2n) is 5.12. The summed E-state index contributed by atoms with van der Waals surface area (Å²) in [5, 5.41) is 0. The molecule has 3 nitrogen and oxygen atoms in total. The van der Waals surface area contributed by atoms with E-state index >= 15 is 0 Å². The number of aromatic nitrogens is 1. The molecule has 1 aliphatic rings. The third-order valence-electron chi connectivity index (χ3n) is 3.71. The average Bonchev–Trinajstić information content (AvgIpc) is 2.39. The summed E-state index contributed by atoms with van der Waals surface area (Å²) in [6, 6.07) is 3.58. The first-order valence-corrected chi connectivity index (χ1v) is 6.82. The number of hydrogen-bond donors (Lipinski definition) is 0. The summed E-state index contributed by atoms with van der Waals surface area (Å²) in [5.41, 5.74) is 0.498. The summed E-state index contributed by atoms with van der Waals surface area (Å²) >= 11 is 0. The fourth-order valence-electron chi connectivity index (χ4n) is 2.57. The highest BCUT2D eigenvalue weighted by Crippen LogP contribution is 2.29. The molecule has 1 aromatic rings. The van der Waals surface area contributed by atoms with Crippen molar-refractivity contribution in [3.63, 3.8) is 0 Å². The zero-order valence-corrected chi connectivity index (χ0v) is 11.2. The second-order valence-corrected chi connectivity index (χ2v) is 5.12. The van der Waals surface area contributed by atoms with Gasteiger partial charge in [0.05, 0.1) is 12.3 Å². The fourth-order valence-corrected chi connectivity index (χ4v) is 2.57. The van der Waals surface area contributed by atoms with E-state index in [2.05, 4.69) is 11.9 Å². The molecule has 18 heavy (non-hydrogen) atoms. The van der Waals surface area contributed by atoms with Gasteiger partial charge in [-0.3, -0.25) is 4.79 Å². The minimum absolute atomic E-state index is 0.00902. The first-order chi connectivity index (χ1) is 8.69. The Labute approximate surface area is 109 Å². The van der Waals surface area contributed by atoms with Crippen LogP contribution in [0.4, 0.5) is 0 Å². The molecule has 2 atom stereocenters. The Morgan fingerprint density at radius 3 is 2.89 bits per heavy atom. The highest BCUT2D eigenvalue weighted by atomic mass is 16.5. The quantitative estimate of drug-likeness (QED) is 0.763. The minimum Gasteiger partial charge on any atom is -0.489 e. The van der Waals surface area contributed by atoms with Crippen LogP contribution in [0.15, 0.2) is 18.3 Å². The van der Waals surface area contributed by atoms with Crippen molar-refractivity contribution in [3.05, 3.63) is 24.0 Å². The molecule has 0 radical (unpaired) electrons. The van der Waals surface area contributed by atoms with Gasteiger partial charge in [0.25, 0.3) is 0 Å². The molecule has 0 amide bonds. The largest absolute Gasteiger partial charge is 0.489 e. The molecule has 0 aromatic carbocycles. The second kappa shape index (κ2) is 5.98. The molecule has 1 aliphatic carbocycles. The maximum Gasteiger partial charge on any atom is 0.178 e. The van der Waals surface area contributed by atoms with E-state index in [1.54, 1.807) is 12.3 Å². The van der Waals surface area contributed by atoms with E-state index in [1.807, 2.05) is 6.07 Å². The average molecular weight is 247 g/mol.